The Bertz CT molecular complexity index is 1450. The number of nitrogens with zero attached hydrogens (tertiary/aromatic N) is 5. The molecule has 1 aliphatic carbocycles. The predicted octanol–water partition coefficient (Wildman–Crippen LogP) is 4.12. The van der Waals surface area contributed by atoms with E-state index in [4.69, 9.17) is 20.1 Å². The molecule has 0 radical (unpaired) electrons. The highest BCUT2D eigenvalue weighted by molar-refractivity contribution is 7.13. The molecule has 6 rings (SSSR count). The van der Waals surface area contributed by atoms with E-state index in [0.717, 1.165) is 57.8 Å². The summed E-state index contributed by atoms with van der Waals surface area (Å²) < 4.78 is 13.5. The Labute approximate surface area is 197 Å². The van der Waals surface area contributed by atoms with Crippen LogP contribution in [0.15, 0.2) is 47.7 Å². The monoisotopic (exact) mass is 478 g/mol. The topological polar surface area (TPSA) is 153 Å². The molecule has 0 bridgehead atoms. The molecule has 0 aromatic carbocycles. The summed E-state index contributed by atoms with van der Waals surface area (Å²) in [5, 5.41) is 23.1. The van der Waals surface area contributed by atoms with Crippen molar-refractivity contribution in [1.29, 1.82) is 0 Å². The van der Waals surface area contributed by atoms with Gasteiger partial charge in [0, 0.05) is 46.7 Å². The van der Waals surface area contributed by atoms with Crippen molar-refractivity contribution in [2.45, 2.75) is 37.8 Å². The van der Waals surface area contributed by atoms with E-state index in [2.05, 4.69) is 19.4 Å². The average Bonchev–Trinajstić information content (AvgIpc) is 3.60. The Morgan fingerprint density at radius 2 is 1.91 bits per heavy atom. The summed E-state index contributed by atoms with van der Waals surface area (Å²) in [5.74, 6) is 1.04. The van der Waals surface area contributed by atoms with Crippen LogP contribution in [0.25, 0.3) is 43.5 Å². The number of pyridine rings is 2. The molecule has 0 unspecified atom stereocenters. The summed E-state index contributed by atoms with van der Waals surface area (Å²) in [7, 11) is 0. The molecule has 1 saturated carbocycles. The molecule has 1 fully saturated rings. The van der Waals surface area contributed by atoms with Gasteiger partial charge in [-0.2, -0.15) is 9.47 Å². The number of aliphatic hydroxyl groups excluding tert-OH is 1. The van der Waals surface area contributed by atoms with Crippen LogP contribution in [-0.4, -0.2) is 46.9 Å². The number of nitrogen functional groups attached to an aromatic ring is 1. The van der Waals surface area contributed by atoms with Crippen molar-refractivity contribution in [2.24, 2.45) is 0 Å². The lowest BCUT2D eigenvalue weighted by Gasteiger charge is -2.25. The van der Waals surface area contributed by atoms with Crippen molar-refractivity contribution >= 4 is 44.9 Å². The van der Waals surface area contributed by atoms with Gasteiger partial charge in [0.05, 0.1) is 34.8 Å². The Kier molecular flexibility index (Phi) is 5.95. The number of hydrogen-bond acceptors (Lipinski definition) is 9. The van der Waals surface area contributed by atoms with Gasteiger partial charge in [0.15, 0.2) is 11.4 Å². The number of aromatic nitrogens is 5. The highest BCUT2D eigenvalue weighted by atomic mass is 32.1. The van der Waals surface area contributed by atoms with Crippen LogP contribution in [0.2, 0.25) is 0 Å². The SMILES string of the molecule is Nc1ncc(-c2cnn(C3CCC(O)CC3)c2)c2cc(-c3cncc4cnsc34)oc12.O=CO. The number of anilines is 1. The lowest BCUT2D eigenvalue weighted by Crippen LogP contribution is -2.21. The summed E-state index contributed by atoms with van der Waals surface area (Å²) in [5.41, 5.74) is 9.48. The van der Waals surface area contributed by atoms with Gasteiger partial charge >= 0.3 is 0 Å². The number of rotatable bonds is 3. The first-order valence-corrected chi connectivity index (χ1v) is 11.5. The highest BCUT2D eigenvalue weighted by Crippen LogP contribution is 2.39. The van der Waals surface area contributed by atoms with E-state index in [0.29, 0.717) is 23.2 Å². The fraction of sp³-hybridized carbons (Fsp3) is 0.261. The Morgan fingerprint density at radius 1 is 1.12 bits per heavy atom. The van der Waals surface area contributed by atoms with Crippen molar-refractivity contribution in [3.05, 3.63) is 43.2 Å². The number of aliphatic hydroxyl groups is 1. The third-order valence-corrected chi connectivity index (χ3v) is 6.91. The first-order valence-electron chi connectivity index (χ1n) is 10.8. The van der Waals surface area contributed by atoms with Crippen LogP contribution < -0.4 is 5.73 Å². The number of hydrogen-bond donors (Lipinski definition) is 3. The van der Waals surface area contributed by atoms with Gasteiger partial charge in [0.25, 0.3) is 6.47 Å². The zero-order valence-electron chi connectivity index (χ0n) is 18.0. The zero-order valence-corrected chi connectivity index (χ0v) is 18.9. The molecule has 0 atom stereocenters. The first kappa shape index (κ1) is 22.0. The van der Waals surface area contributed by atoms with Gasteiger partial charge < -0.3 is 20.4 Å². The minimum Gasteiger partial charge on any atom is -0.483 e. The summed E-state index contributed by atoms with van der Waals surface area (Å²) in [6.45, 7) is -0.250. The maximum Gasteiger partial charge on any atom is 0.290 e. The van der Waals surface area contributed by atoms with Crippen LogP contribution >= 0.6 is 11.5 Å². The maximum absolute atomic E-state index is 9.78. The lowest BCUT2D eigenvalue weighted by atomic mass is 9.93. The molecule has 0 aliphatic heterocycles. The van der Waals surface area contributed by atoms with E-state index in [-0.39, 0.29) is 12.6 Å². The molecule has 10 nitrogen and oxygen atoms in total. The standard InChI is InChI=1S/C22H20N6O2S.CH2O2/c23-22-20-16(5-19(30-20)18-9-24-6-12-8-27-31-21(12)18)17(10-25-22)13-7-26-28(11-13)14-1-3-15(29)4-2-14;2-1-3/h5-11,14-15,29H,1-4H2,(H2,23,25);1H,(H,2,3). The van der Waals surface area contributed by atoms with E-state index < -0.39 is 0 Å². The molecule has 0 saturated heterocycles. The fourth-order valence-electron chi connectivity index (χ4n) is 4.38. The third-order valence-electron chi connectivity index (χ3n) is 6.07. The maximum atomic E-state index is 9.78. The van der Waals surface area contributed by atoms with Gasteiger partial charge in [0.2, 0.25) is 0 Å². The molecule has 0 spiro atoms. The third kappa shape index (κ3) is 3.99. The van der Waals surface area contributed by atoms with Crippen LogP contribution in [0.5, 0.6) is 0 Å². The lowest BCUT2D eigenvalue weighted by molar-refractivity contribution is -0.122. The fourth-order valence-corrected chi connectivity index (χ4v) is 5.11. The molecule has 34 heavy (non-hydrogen) atoms. The molecule has 11 heteroatoms. The molecule has 0 amide bonds. The van der Waals surface area contributed by atoms with E-state index in [1.807, 2.05) is 23.1 Å². The normalized spacial score (nSPS) is 18.0. The smallest absolute Gasteiger partial charge is 0.290 e. The van der Waals surface area contributed by atoms with E-state index in [1.165, 1.54) is 11.5 Å². The molecule has 174 valence electrons. The summed E-state index contributed by atoms with van der Waals surface area (Å²) in [4.78, 5) is 17.0. The van der Waals surface area contributed by atoms with Gasteiger partial charge in [-0.05, 0) is 43.3 Å². The van der Waals surface area contributed by atoms with E-state index in [9.17, 15) is 5.11 Å². The molecule has 5 aromatic heterocycles. The number of furan rings is 1. The summed E-state index contributed by atoms with van der Waals surface area (Å²) in [6, 6.07) is 2.30. The van der Waals surface area contributed by atoms with Crippen molar-refractivity contribution in [3.63, 3.8) is 0 Å². The molecular weight excluding hydrogens is 456 g/mol. The van der Waals surface area contributed by atoms with Gasteiger partial charge in [-0.25, -0.2) is 4.98 Å². The number of carboxylic acid groups (broad SMARTS) is 1. The minimum atomic E-state index is -0.250. The molecular formula is C23H22N6O4S. The Hall–Kier alpha value is -3.83. The summed E-state index contributed by atoms with van der Waals surface area (Å²) >= 11 is 1.41. The Balaban J connectivity index is 0.000000764. The number of fused-ring (bicyclic) bond motifs is 2. The second-order valence-electron chi connectivity index (χ2n) is 8.12. The predicted molar refractivity (Wildman–Crippen MR) is 128 cm³/mol. The van der Waals surface area contributed by atoms with Gasteiger partial charge in [-0.15, -0.1) is 0 Å². The van der Waals surface area contributed by atoms with E-state index >= 15 is 0 Å². The van der Waals surface area contributed by atoms with E-state index in [1.54, 1.807) is 24.8 Å². The number of carbonyl (C=O) groups is 1. The van der Waals surface area contributed by atoms with Crippen LogP contribution in [0, 0.1) is 0 Å². The van der Waals surface area contributed by atoms with Gasteiger partial charge in [-0.1, -0.05) is 0 Å². The van der Waals surface area contributed by atoms with Crippen LogP contribution in [-0.2, 0) is 4.79 Å². The highest BCUT2D eigenvalue weighted by Gasteiger charge is 2.22. The van der Waals surface area contributed by atoms with Gasteiger partial charge in [0.1, 0.15) is 5.76 Å². The molecule has 5 aromatic rings. The van der Waals surface area contributed by atoms with Crippen molar-refractivity contribution in [1.82, 2.24) is 24.1 Å². The quantitative estimate of drug-likeness (QED) is 0.325. The molecule has 4 N–H and O–H groups in total. The van der Waals surface area contributed by atoms with Crippen molar-refractivity contribution < 1.29 is 19.4 Å². The molecule has 1 aliphatic rings. The number of nitrogens with two attached hydrogens (primary N) is 1. The average molecular weight is 479 g/mol. The zero-order chi connectivity index (χ0) is 23.7. The van der Waals surface area contributed by atoms with Gasteiger partial charge in [-0.3, -0.25) is 14.5 Å². The van der Waals surface area contributed by atoms with Crippen LogP contribution in [0.3, 0.4) is 0 Å². The first-order chi connectivity index (χ1) is 16.6. The second kappa shape index (κ2) is 9.20. The summed E-state index contributed by atoms with van der Waals surface area (Å²) in [6.07, 6.45) is 14.4. The van der Waals surface area contributed by atoms with Crippen LogP contribution in [0.4, 0.5) is 5.82 Å². The van der Waals surface area contributed by atoms with Crippen molar-refractivity contribution in [3.8, 4) is 22.5 Å². The molecule has 5 heterocycles. The van der Waals surface area contributed by atoms with Crippen LogP contribution in [0.1, 0.15) is 31.7 Å². The minimum absolute atomic E-state index is 0.186. The Morgan fingerprint density at radius 3 is 2.71 bits per heavy atom. The second-order valence-corrected chi connectivity index (χ2v) is 8.92. The van der Waals surface area contributed by atoms with Crippen molar-refractivity contribution in [2.75, 3.05) is 5.73 Å². The largest absolute Gasteiger partial charge is 0.483 e.